The van der Waals surface area contributed by atoms with E-state index in [9.17, 15) is 13.6 Å². The Balaban J connectivity index is 5.37. The van der Waals surface area contributed by atoms with E-state index in [0.29, 0.717) is 23.4 Å². The lowest BCUT2D eigenvalue weighted by atomic mass is 10.0. The highest BCUT2D eigenvalue weighted by atomic mass is 19.3. The summed E-state index contributed by atoms with van der Waals surface area (Å²) in [5.41, 5.74) is 5.42. The van der Waals surface area contributed by atoms with Gasteiger partial charge in [0.25, 0.3) is 6.43 Å². The minimum Gasteiger partial charge on any atom is -0.473 e. The Morgan fingerprint density at radius 1 is 1.33 bits per heavy atom. The number of carbonyl (C=O) groups is 1. The van der Waals surface area contributed by atoms with Crippen LogP contribution in [-0.2, 0) is 9.53 Å². The molecular formula is C20H27F2N3O2. The van der Waals surface area contributed by atoms with Crippen molar-refractivity contribution in [2.24, 2.45) is 0 Å². The molecular weight excluding hydrogens is 352 g/mol. The van der Waals surface area contributed by atoms with Crippen molar-refractivity contribution in [1.82, 2.24) is 10.6 Å². The van der Waals surface area contributed by atoms with Gasteiger partial charge in [-0.05, 0) is 51.0 Å². The average Bonchev–Trinajstić information content (AvgIpc) is 2.60. The fourth-order valence-electron chi connectivity index (χ4n) is 2.00. The van der Waals surface area contributed by atoms with E-state index in [-0.39, 0.29) is 11.9 Å². The predicted octanol–water partition coefficient (Wildman–Crippen LogP) is 3.99. The molecule has 27 heavy (non-hydrogen) atoms. The van der Waals surface area contributed by atoms with E-state index in [4.69, 9.17) is 10.1 Å². The zero-order chi connectivity index (χ0) is 20.8. The van der Waals surface area contributed by atoms with Crippen LogP contribution in [0.3, 0.4) is 0 Å². The average molecular weight is 379 g/mol. The molecule has 0 radical (unpaired) electrons. The van der Waals surface area contributed by atoms with Gasteiger partial charge in [0.2, 0.25) is 6.41 Å². The van der Waals surface area contributed by atoms with E-state index < -0.39 is 13.0 Å². The lowest BCUT2D eigenvalue weighted by molar-refractivity contribution is -0.110. The van der Waals surface area contributed by atoms with Crippen molar-refractivity contribution in [3.05, 3.63) is 65.4 Å². The maximum absolute atomic E-state index is 12.2. The summed E-state index contributed by atoms with van der Waals surface area (Å²) in [5, 5.41) is 13.1. The molecule has 1 unspecified atom stereocenters. The molecule has 0 aromatic carbocycles. The Hall–Kier alpha value is -2.92. The van der Waals surface area contributed by atoms with Crippen LogP contribution in [-0.4, -0.2) is 31.2 Å². The third-order valence-corrected chi connectivity index (χ3v) is 3.22. The van der Waals surface area contributed by atoms with Gasteiger partial charge in [-0.15, -0.1) is 5.73 Å². The third-order valence-electron chi connectivity index (χ3n) is 3.22. The van der Waals surface area contributed by atoms with Gasteiger partial charge in [-0.25, -0.2) is 8.78 Å². The first-order valence-corrected chi connectivity index (χ1v) is 8.31. The fourth-order valence-corrected chi connectivity index (χ4v) is 2.00. The first kappa shape index (κ1) is 24.1. The molecule has 3 N–H and O–H groups in total. The van der Waals surface area contributed by atoms with E-state index in [1.807, 2.05) is 26.0 Å². The van der Waals surface area contributed by atoms with Crippen molar-refractivity contribution < 1.29 is 18.3 Å². The predicted molar refractivity (Wildman–Crippen MR) is 105 cm³/mol. The minimum absolute atomic E-state index is 0.0879. The summed E-state index contributed by atoms with van der Waals surface area (Å²) in [7, 11) is 0. The molecule has 0 saturated carbocycles. The summed E-state index contributed by atoms with van der Waals surface area (Å²) in [4.78, 5) is 10.6. The van der Waals surface area contributed by atoms with Gasteiger partial charge in [-0.3, -0.25) is 10.1 Å². The SMILES string of the molecule is C=C=C(NC(C)C(/C=C/C)=C/C(C)=N)/C(C)=C/C=C(\NC=O)OCC(F)F. The lowest BCUT2D eigenvalue weighted by Crippen LogP contribution is -2.27. The van der Waals surface area contributed by atoms with Crippen LogP contribution in [0.5, 0.6) is 0 Å². The van der Waals surface area contributed by atoms with Crippen LogP contribution < -0.4 is 10.6 Å². The molecule has 5 nitrogen and oxygen atoms in total. The van der Waals surface area contributed by atoms with Gasteiger partial charge in [0.15, 0.2) is 12.5 Å². The summed E-state index contributed by atoms with van der Waals surface area (Å²) in [6, 6.07) is -0.124. The number of carbonyl (C=O) groups excluding carboxylic acids is 1. The summed E-state index contributed by atoms with van der Waals surface area (Å²) < 4.78 is 29.3. The second kappa shape index (κ2) is 13.3. The number of hydrogen-bond acceptors (Lipinski definition) is 4. The quantitative estimate of drug-likeness (QED) is 0.158. The van der Waals surface area contributed by atoms with Crippen molar-refractivity contribution in [1.29, 1.82) is 5.41 Å². The number of alkyl halides is 2. The molecule has 0 aromatic rings. The molecule has 0 saturated heterocycles. The summed E-state index contributed by atoms with van der Waals surface area (Å²) in [5.74, 6) is -0.0879. The number of nitrogens with one attached hydrogen (secondary N) is 3. The van der Waals surface area contributed by atoms with Gasteiger partial charge in [0.05, 0.1) is 5.70 Å². The number of hydrogen-bond donors (Lipinski definition) is 3. The summed E-state index contributed by atoms with van der Waals surface area (Å²) in [6.45, 7) is 10.1. The maximum atomic E-state index is 12.2. The van der Waals surface area contributed by atoms with Crippen molar-refractivity contribution in [2.45, 2.75) is 40.2 Å². The lowest BCUT2D eigenvalue weighted by Gasteiger charge is -2.18. The molecule has 0 aliphatic heterocycles. The monoisotopic (exact) mass is 379 g/mol. The van der Waals surface area contributed by atoms with Crippen LogP contribution >= 0.6 is 0 Å². The molecule has 0 fully saturated rings. The molecule has 0 aliphatic carbocycles. The molecule has 0 aliphatic rings. The third kappa shape index (κ3) is 10.6. The molecule has 0 heterocycles. The van der Waals surface area contributed by atoms with Crippen molar-refractivity contribution in [2.75, 3.05) is 6.61 Å². The maximum Gasteiger partial charge on any atom is 0.272 e. The molecule has 148 valence electrons. The van der Waals surface area contributed by atoms with Gasteiger partial charge < -0.3 is 15.5 Å². The Morgan fingerprint density at radius 2 is 2.00 bits per heavy atom. The van der Waals surface area contributed by atoms with Crippen LogP contribution in [0.4, 0.5) is 8.78 Å². The highest BCUT2D eigenvalue weighted by Crippen LogP contribution is 2.12. The molecule has 1 atom stereocenters. The van der Waals surface area contributed by atoms with Crippen LogP contribution in [0.1, 0.15) is 27.7 Å². The smallest absolute Gasteiger partial charge is 0.272 e. The topological polar surface area (TPSA) is 74.2 Å². The largest absolute Gasteiger partial charge is 0.473 e. The Labute approximate surface area is 159 Å². The van der Waals surface area contributed by atoms with E-state index in [0.717, 1.165) is 5.57 Å². The number of ether oxygens (including phenoxy) is 1. The fraction of sp³-hybridized carbons (Fsp3) is 0.350. The van der Waals surface area contributed by atoms with Crippen LogP contribution in [0.2, 0.25) is 0 Å². The molecule has 0 aromatic heterocycles. The Morgan fingerprint density at radius 3 is 2.48 bits per heavy atom. The summed E-state index contributed by atoms with van der Waals surface area (Å²) in [6.07, 6.45) is 6.20. The van der Waals surface area contributed by atoms with E-state index in [1.54, 1.807) is 26.0 Å². The van der Waals surface area contributed by atoms with Crippen LogP contribution in [0, 0.1) is 5.41 Å². The normalized spacial score (nSPS) is 14.0. The standard InChI is InChI=1S/C20H27F2N3O2/c1-6-8-17(11-15(4)23)16(5)25-18(7-2)14(3)9-10-20(24-13-26)27-12-19(21)22/h6,8-11,13,16,19,23,25H,2,12H2,1,3-5H3,(H,24,26)/b8-6+,14-9+,17-11+,20-10+,23-15?. The first-order valence-electron chi connectivity index (χ1n) is 8.31. The molecule has 0 bridgehead atoms. The Kier molecular flexibility index (Phi) is 11.9. The van der Waals surface area contributed by atoms with Gasteiger partial charge in [0.1, 0.15) is 0 Å². The van der Waals surface area contributed by atoms with E-state index in [2.05, 4.69) is 22.9 Å². The molecule has 0 spiro atoms. The zero-order valence-electron chi connectivity index (χ0n) is 16.1. The van der Waals surface area contributed by atoms with Crippen LogP contribution in [0.25, 0.3) is 0 Å². The molecule has 7 heteroatoms. The highest BCUT2D eigenvalue weighted by Gasteiger charge is 2.09. The number of halogens is 2. The van der Waals surface area contributed by atoms with Crippen molar-refractivity contribution >= 4 is 12.1 Å². The Bertz CT molecular complexity index is 685. The highest BCUT2D eigenvalue weighted by molar-refractivity contribution is 5.91. The van der Waals surface area contributed by atoms with Gasteiger partial charge in [0, 0.05) is 11.8 Å². The number of rotatable bonds is 12. The van der Waals surface area contributed by atoms with Gasteiger partial charge in [-0.2, -0.15) is 0 Å². The van der Waals surface area contributed by atoms with Gasteiger partial charge >= 0.3 is 0 Å². The zero-order valence-corrected chi connectivity index (χ0v) is 16.1. The summed E-state index contributed by atoms with van der Waals surface area (Å²) >= 11 is 0. The van der Waals surface area contributed by atoms with E-state index in [1.165, 1.54) is 6.08 Å². The molecule has 1 amide bonds. The number of allylic oxidation sites excluding steroid dienone is 5. The van der Waals surface area contributed by atoms with Crippen LogP contribution in [0.15, 0.2) is 65.4 Å². The second-order valence-electron chi connectivity index (χ2n) is 5.59. The first-order chi connectivity index (χ1) is 12.7. The van der Waals surface area contributed by atoms with Crippen molar-refractivity contribution in [3.8, 4) is 0 Å². The minimum atomic E-state index is -2.65. The van der Waals surface area contributed by atoms with E-state index >= 15 is 0 Å². The number of amides is 1. The van der Waals surface area contributed by atoms with Gasteiger partial charge in [-0.1, -0.05) is 24.8 Å². The second-order valence-corrected chi connectivity index (χ2v) is 5.59. The van der Waals surface area contributed by atoms with Crippen molar-refractivity contribution in [3.63, 3.8) is 0 Å². The molecule has 0 rings (SSSR count).